The minimum absolute atomic E-state index is 0.399. The first-order chi connectivity index (χ1) is 9.81. The van der Waals surface area contributed by atoms with Gasteiger partial charge in [0, 0.05) is 10.3 Å². The van der Waals surface area contributed by atoms with E-state index >= 15 is 0 Å². The Bertz CT molecular complexity index is 781. The van der Waals surface area contributed by atoms with Crippen LogP contribution in [0.1, 0.15) is 29.5 Å². The molecule has 1 unspecified atom stereocenters. The van der Waals surface area contributed by atoms with Crippen molar-refractivity contribution < 1.29 is 5.11 Å². The van der Waals surface area contributed by atoms with Crippen molar-refractivity contribution in [1.29, 1.82) is 0 Å². The molecule has 0 saturated carbocycles. The van der Waals surface area contributed by atoms with Gasteiger partial charge in [0.15, 0.2) is 0 Å². The average molecular weight is 282 g/mol. The van der Waals surface area contributed by atoms with E-state index in [1.807, 2.05) is 24.3 Å². The summed E-state index contributed by atoms with van der Waals surface area (Å²) in [7, 11) is 0. The van der Waals surface area contributed by atoms with Crippen LogP contribution < -0.4 is 0 Å². The number of fused-ring (bicyclic) bond motifs is 2. The summed E-state index contributed by atoms with van der Waals surface area (Å²) in [6, 6.07) is 12.2. The topological polar surface area (TPSA) is 46.0 Å². The van der Waals surface area contributed by atoms with Gasteiger partial charge in [-0.25, -0.2) is 9.97 Å². The Hall–Kier alpha value is -1.78. The fourth-order valence-corrected chi connectivity index (χ4v) is 3.82. The number of aromatic nitrogens is 2. The van der Waals surface area contributed by atoms with Crippen LogP contribution in [0.5, 0.6) is 0 Å². The van der Waals surface area contributed by atoms with Crippen LogP contribution in [0.3, 0.4) is 0 Å². The molecule has 4 rings (SSSR count). The normalized spacial score (nSPS) is 18.1. The monoisotopic (exact) mass is 282 g/mol. The second-order valence-corrected chi connectivity index (χ2v) is 6.21. The lowest BCUT2D eigenvalue weighted by molar-refractivity contribution is 0.153. The van der Waals surface area contributed by atoms with E-state index in [9.17, 15) is 5.11 Å². The van der Waals surface area contributed by atoms with Gasteiger partial charge < -0.3 is 5.11 Å². The molecule has 0 saturated heterocycles. The van der Waals surface area contributed by atoms with Crippen LogP contribution >= 0.6 is 11.3 Å². The number of rotatable bonds is 1. The van der Waals surface area contributed by atoms with Crippen LogP contribution in [0, 0.1) is 0 Å². The van der Waals surface area contributed by atoms with Crippen LogP contribution in [-0.4, -0.2) is 15.1 Å². The molecule has 1 atom stereocenters. The Balaban J connectivity index is 1.83. The smallest absolute Gasteiger partial charge is 0.142 e. The highest BCUT2D eigenvalue weighted by molar-refractivity contribution is 7.15. The molecule has 3 nitrogen and oxygen atoms in total. The molecule has 20 heavy (non-hydrogen) atoms. The third kappa shape index (κ3) is 1.92. The van der Waals surface area contributed by atoms with Crippen LogP contribution in [0.2, 0.25) is 0 Å². The van der Waals surface area contributed by atoms with Gasteiger partial charge in [-0.05, 0) is 31.4 Å². The Labute approximate surface area is 120 Å². The van der Waals surface area contributed by atoms with Crippen molar-refractivity contribution in [1.82, 2.24) is 9.97 Å². The molecule has 1 N–H and O–H groups in total. The van der Waals surface area contributed by atoms with Crippen LogP contribution in [0.15, 0.2) is 36.4 Å². The van der Waals surface area contributed by atoms with E-state index in [4.69, 9.17) is 0 Å². The summed E-state index contributed by atoms with van der Waals surface area (Å²) in [6.45, 7) is 0. The van der Waals surface area contributed by atoms with E-state index in [1.165, 1.54) is 4.88 Å². The van der Waals surface area contributed by atoms with E-state index < -0.39 is 6.10 Å². The van der Waals surface area contributed by atoms with E-state index in [-0.39, 0.29) is 0 Å². The molecular formula is C16H14N2OS. The molecular weight excluding hydrogens is 268 g/mol. The lowest BCUT2D eigenvalue weighted by Crippen LogP contribution is -2.07. The van der Waals surface area contributed by atoms with Gasteiger partial charge in [-0.15, -0.1) is 11.3 Å². The molecule has 1 aromatic carbocycles. The van der Waals surface area contributed by atoms with Crippen molar-refractivity contribution in [3.05, 3.63) is 47.0 Å². The maximum atomic E-state index is 10.0. The Morgan fingerprint density at radius 3 is 2.90 bits per heavy atom. The number of aliphatic hydroxyl groups excluding tert-OH is 1. The number of aliphatic hydroxyl groups is 1. The van der Waals surface area contributed by atoms with E-state index in [2.05, 4.69) is 22.1 Å². The summed E-state index contributed by atoms with van der Waals surface area (Å²) >= 11 is 1.67. The van der Waals surface area contributed by atoms with Gasteiger partial charge in [0.25, 0.3) is 0 Å². The molecule has 0 aliphatic heterocycles. The molecule has 0 bridgehead atoms. The molecule has 2 aromatic heterocycles. The van der Waals surface area contributed by atoms with Gasteiger partial charge in [0.2, 0.25) is 0 Å². The summed E-state index contributed by atoms with van der Waals surface area (Å²) in [6.07, 6.45) is 2.49. The van der Waals surface area contributed by atoms with Crippen molar-refractivity contribution in [2.24, 2.45) is 0 Å². The van der Waals surface area contributed by atoms with Gasteiger partial charge in [0.05, 0.1) is 23.0 Å². The molecule has 0 fully saturated rings. The molecule has 0 radical (unpaired) electrons. The van der Waals surface area contributed by atoms with Crippen molar-refractivity contribution in [3.8, 4) is 10.7 Å². The highest BCUT2D eigenvalue weighted by Crippen LogP contribution is 2.36. The Kier molecular flexibility index (Phi) is 2.79. The molecule has 1 aliphatic rings. The third-order valence-corrected chi connectivity index (χ3v) is 4.90. The predicted molar refractivity (Wildman–Crippen MR) is 80.7 cm³/mol. The zero-order valence-corrected chi connectivity index (χ0v) is 11.7. The highest BCUT2D eigenvalue weighted by Gasteiger charge is 2.23. The van der Waals surface area contributed by atoms with E-state index in [0.717, 1.165) is 46.6 Å². The van der Waals surface area contributed by atoms with Crippen LogP contribution in [0.25, 0.3) is 21.6 Å². The van der Waals surface area contributed by atoms with Gasteiger partial charge >= 0.3 is 0 Å². The fraction of sp³-hybridized carbons (Fsp3) is 0.250. The van der Waals surface area contributed by atoms with Gasteiger partial charge in [-0.3, -0.25) is 0 Å². The highest BCUT2D eigenvalue weighted by atomic mass is 32.1. The zero-order chi connectivity index (χ0) is 13.5. The van der Waals surface area contributed by atoms with Crippen molar-refractivity contribution in [2.75, 3.05) is 0 Å². The minimum atomic E-state index is -0.399. The Morgan fingerprint density at radius 2 is 2.00 bits per heavy atom. The molecule has 3 aromatic rings. The number of aryl methyl sites for hydroxylation is 1. The van der Waals surface area contributed by atoms with Gasteiger partial charge in [0.1, 0.15) is 5.01 Å². The first-order valence-electron chi connectivity index (χ1n) is 6.85. The minimum Gasteiger partial charge on any atom is -0.387 e. The first kappa shape index (κ1) is 12.0. The quantitative estimate of drug-likeness (QED) is 0.739. The molecule has 4 heteroatoms. The number of nitrogens with zero attached hydrogens (tertiary/aromatic N) is 2. The summed E-state index contributed by atoms with van der Waals surface area (Å²) < 4.78 is 0. The number of hydrogen-bond donors (Lipinski definition) is 1. The predicted octanol–water partition coefficient (Wildman–Crippen LogP) is 3.73. The number of benzene rings is 1. The standard InChI is InChI=1S/C16H14N2OS/c19-13-6-3-7-14-15(13)18-16(20-14)12-9-8-10-4-1-2-5-11(10)17-12/h1-2,4-5,8-9,13,19H,3,6-7H2. The molecule has 0 spiro atoms. The number of thiazole rings is 1. The Morgan fingerprint density at radius 1 is 1.10 bits per heavy atom. The summed E-state index contributed by atoms with van der Waals surface area (Å²) in [5.74, 6) is 0. The molecule has 100 valence electrons. The molecule has 0 amide bonds. The van der Waals surface area contributed by atoms with E-state index in [1.54, 1.807) is 11.3 Å². The second kappa shape index (κ2) is 4.65. The number of pyridine rings is 1. The molecule has 2 heterocycles. The third-order valence-electron chi connectivity index (χ3n) is 3.74. The largest absolute Gasteiger partial charge is 0.387 e. The zero-order valence-electron chi connectivity index (χ0n) is 10.9. The maximum absolute atomic E-state index is 10.0. The summed E-state index contributed by atoms with van der Waals surface area (Å²) in [4.78, 5) is 10.5. The van der Waals surface area contributed by atoms with Crippen molar-refractivity contribution in [2.45, 2.75) is 25.4 Å². The summed E-state index contributed by atoms with van der Waals surface area (Å²) in [5.41, 5.74) is 2.75. The maximum Gasteiger partial charge on any atom is 0.142 e. The van der Waals surface area contributed by atoms with Crippen LogP contribution in [0.4, 0.5) is 0 Å². The van der Waals surface area contributed by atoms with E-state index in [0.29, 0.717) is 0 Å². The lowest BCUT2D eigenvalue weighted by atomic mass is 10.0. The van der Waals surface area contributed by atoms with Crippen LogP contribution in [-0.2, 0) is 6.42 Å². The number of hydrogen-bond acceptors (Lipinski definition) is 4. The van der Waals surface area contributed by atoms with Crippen molar-refractivity contribution >= 4 is 22.2 Å². The first-order valence-corrected chi connectivity index (χ1v) is 7.67. The SMILES string of the molecule is OC1CCCc2sc(-c3ccc4ccccc4n3)nc21. The average Bonchev–Trinajstić information content (AvgIpc) is 2.92. The fourth-order valence-electron chi connectivity index (χ4n) is 2.69. The second-order valence-electron chi connectivity index (χ2n) is 5.12. The van der Waals surface area contributed by atoms with Gasteiger partial charge in [-0.2, -0.15) is 0 Å². The lowest BCUT2D eigenvalue weighted by Gasteiger charge is -2.14. The number of para-hydroxylation sites is 1. The van der Waals surface area contributed by atoms with Gasteiger partial charge in [-0.1, -0.05) is 24.3 Å². The van der Waals surface area contributed by atoms with Crippen molar-refractivity contribution in [3.63, 3.8) is 0 Å². The summed E-state index contributed by atoms with van der Waals surface area (Å²) in [5, 5.41) is 12.1. The molecule has 1 aliphatic carbocycles.